The largest absolute Gasteiger partial charge is 0.488 e. The van der Waals surface area contributed by atoms with E-state index in [0.29, 0.717) is 11.9 Å². The van der Waals surface area contributed by atoms with E-state index in [2.05, 4.69) is 0 Å². The molecule has 0 aliphatic rings. The van der Waals surface area contributed by atoms with Crippen LogP contribution >= 0.6 is 0 Å². The molecule has 0 aliphatic heterocycles. The molecule has 0 amide bonds. The number of hydrogen-bond acceptors (Lipinski definition) is 4. The van der Waals surface area contributed by atoms with E-state index in [0.717, 1.165) is 5.56 Å². The molecule has 2 N–H and O–H groups in total. The lowest BCUT2D eigenvalue weighted by Crippen LogP contribution is -2.29. The molecule has 1 atom stereocenters. The molecular weight excluding hydrogens is 207 g/mol. The average Bonchev–Trinajstić information content (AvgIpc) is 2.30. The minimum atomic E-state index is -1.48. The molecule has 0 bridgehead atoms. The van der Waals surface area contributed by atoms with Gasteiger partial charge in [0.15, 0.2) is 0 Å². The van der Waals surface area contributed by atoms with Crippen molar-refractivity contribution in [3.63, 3.8) is 0 Å². The van der Waals surface area contributed by atoms with Crippen molar-refractivity contribution in [2.24, 2.45) is 0 Å². The van der Waals surface area contributed by atoms with Crippen molar-refractivity contribution >= 4 is 18.6 Å². The predicted molar refractivity (Wildman–Crippen MR) is 61.3 cm³/mol. The van der Waals surface area contributed by atoms with Gasteiger partial charge in [-0.15, -0.1) is 0 Å². The van der Waals surface area contributed by atoms with E-state index >= 15 is 0 Å². The number of rotatable bonds is 4. The quantitative estimate of drug-likeness (QED) is 0.557. The zero-order chi connectivity index (χ0) is 12.1. The first-order valence-electron chi connectivity index (χ1n) is 5.14. The van der Waals surface area contributed by atoms with Crippen LogP contribution in [-0.4, -0.2) is 30.2 Å². The van der Waals surface area contributed by atoms with Crippen molar-refractivity contribution in [1.29, 1.82) is 0 Å². The van der Waals surface area contributed by atoms with Gasteiger partial charge in [-0.25, -0.2) is 0 Å². The topological polar surface area (TPSA) is 66.8 Å². The zero-order valence-electron chi connectivity index (χ0n) is 9.38. The summed E-state index contributed by atoms with van der Waals surface area (Å²) in [5.41, 5.74) is 1.22. The summed E-state index contributed by atoms with van der Waals surface area (Å²) in [7, 11) is -0.121. The van der Waals surface area contributed by atoms with Gasteiger partial charge in [0.1, 0.15) is 0 Å². The van der Waals surface area contributed by atoms with Crippen molar-refractivity contribution in [3.05, 3.63) is 29.8 Å². The molecule has 1 rings (SSSR count). The average molecular weight is 222 g/mol. The Bertz CT molecular complexity index is 348. The second kappa shape index (κ2) is 5.68. The number of carbonyl (C=O) groups excluding carboxylic acids is 1. The summed E-state index contributed by atoms with van der Waals surface area (Å²) < 4.78 is 4.70. The first-order valence-corrected chi connectivity index (χ1v) is 5.14. The summed E-state index contributed by atoms with van der Waals surface area (Å²) in [4.78, 5) is 11.4. The predicted octanol–water partition coefficient (Wildman–Crippen LogP) is 0.0330. The maximum Gasteiger partial charge on any atom is 0.488 e. The summed E-state index contributed by atoms with van der Waals surface area (Å²) in [6, 6.07) is 6.59. The Kier molecular flexibility index (Phi) is 4.52. The lowest BCUT2D eigenvalue weighted by atomic mass is 9.79. The van der Waals surface area contributed by atoms with Gasteiger partial charge >= 0.3 is 13.1 Å². The molecule has 4 nitrogen and oxygen atoms in total. The molecule has 0 aliphatic carbocycles. The molecule has 0 saturated carbocycles. The molecule has 0 aromatic heterocycles. The number of hydrogen-bond donors (Lipinski definition) is 2. The Hall–Kier alpha value is -1.33. The molecule has 0 fully saturated rings. The SMILES string of the molecule is CCC(C(=O)OC)c1ccc(B(O)O)cc1. The number of carbonyl (C=O) groups is 1. The monoisotopic (exact) mass is 222 g/mol. The van der Waals surface area contributed by atoms with Gasteiger partial charge in [-0.2, -0.15) is 0 Å². The molecule has 1 aromatic carbocycles. The molecule has 0 radical (unpaired) electrons. The van der Waals surface area contributed by atoms with E-state index in [-0.39, 0.29) is 11.9 Å². The van der Waals surface area contributed by atoms with Gasteiger partial charge in [-0.3, -0.25) is 4.79 Å². The van der Waals surface area contributed by atoms with Crippen LogP contribution in [0, 0.1) is 0 Å². The van der Waals surface area contributed by atoms with Gasteiger partial charge in [0.25, 0.3) is 0 Å². The molecular formula is C11H15BO4. The third kappa shape index (κ3) is 2.84. The number of benzene rings is 1. The second-order valence-corrected chi connectivity index (χ2v) is 3.52. The van der Waals surface area contributed by atoms with E-state index < -0.39 is 7.12 Å². The summed E-state index contributed by atoms with van der Waals surface area (Å²) in [6.45, 7) is 1.90. The number of methoxy groups -OCH3 is 1. The molecule has 5 heteroatoms. The number of ether oxygens (including phenoxy) is 1. The van der Waals surface area contributed by atoms with Crippen LogP contribution in [0.1, 0.15) is 24.8 Å². The Morgan fingerprint density at radius 2 is 1.94 bits per heavy atom. The van der Waals surface area contributed by atoms with Gasteiger partial charge in [0.05, 0.1) is 13.0 Å². The third-order valence-corrected chi connectivity index (χ3v) is 2.53. The fraction of sp³-hybridized carbons (Fsp3) is 0.364. The normalized spacial score (nSPS) is 12.0. The van der Waals surface area contributed by atoms with Gasteiger partial charge in [-0.1, -0.05) is 31.2 Å². The highest BCUT2D eigenvalue weighted by molar-refractivity contribution is 6.58. The summed E-state index contributed by atoms with van der Waals surface area (Å²) in [5, 5.41) is 17.9. The van der Waals surface area contributed by atoms with E-state index in [1.165, 1.54) is 7.11 Å². The van der Waals surface area contributed by atoms with Crippen LogP contribution in [0.25, 0.3) is 0 Å². The van der Waals surface area contributed by atoms with E-state index in [1.54, 1.807) is 24.3 Å². The maximum absolute atomic E-state index is 11.4. The van der Waals surface area contributed by atoms with Crippen molar-refractivity contribution in [2.45, 2.75) is 19.3 Å². The van der Waals surface area contributed by atoms with Gasteiger partial charge in [-0.05, 0) is 17.4 Å². The molecule has 1 unspecified atom stereocenters. The zero-order valence-corrected chi connectivity index (χ0v) is 9.38. The molecule has 0 heterocycles. The van der Waals surface area contributed by atoms with Crippen LogP contribution in [0.5, 0.6) is 0 Å². The standard InChI is InChI=1S/C11H15BO4/c1-3-10(11(13)16-2)8-4-6-9(7-5-8)12(14)15/h4-7,10,14-15H,3H2,1-2H3. The van der Waals surface area contributed by atoms with Gasteiger partial charge in [0.2, 0.25) is 0 Å². The van der Waals surface area contributed by atoms with E-state index in [9.17, 15) is 4.79 Å². The number of esters is 1. The fourth-order valence-electron chi connectivity index (χ4n) is 1.58. The van der Waals surface area contributed by atoms with Crippen LogP contribution in [0.3, 0.4) is 0 Å². The Morgan fingerprint density at radius 1 is 1.38 bits per heavy atom. The third-order valence-electron chi connectivity index (χ3n) is 2.53. The van der Waals surface area contributed by atoms with Crippen molar-refractivity contribution < 1.29 is 19.6 Å². The van der Waals surface area contributed by atoms with Gasteiger partial charge < -0.3 is 14.8 Å². The van der Waals surface area contributed by atoms with E-state index in [4.69, 9.17) is 14.8 Å². The molecule has 0 spiro atoms. The van der Waals surface area contributed by atoms with E-state index in [1.807, 2.05) is 6.92 Å². The Morgan fingerprint density at radius 3 is 2.31 bits per heavy atom. The lowest BCUT2D eigenvalue weighted by Gasteiger charge is -2.13. The molecule has 16 heavy (non-hydrogen) atoms. The summed E-state index contributed by atoms with van der Waals surface area (Å²) >= 11 is 0. The highest BCUT2D eigenvalue weighted by Crippen LogP contribution is 2.19. The first-order chi connectivity index (χ1) is 7.60. The first kappa shape index (κ1) is 12.7. The highest BCUT2D eigenvalue weighted by atomic mass is 16.5. The molecule has 86 valence electrons. The van der Waals surface area contributed by atoms with Crippen LogP contribution in [0.2, 0.25) is 0 Å². The minimum absolute atomic E-state index is 0.278. The van der Waals surface area contributed by atoms with Gasteiger partial charge in [0, 0.05) is 0 Å². The van der Waals surface area contributed by atoms with Crippen molar-refractivity contribution in [1.82, 2.24) is 0 Å². The lowest BCUT2D eigenvalue weighted by molar-refractivity contribution is -0.142. The van der Waals surface area contributed by atoms with Crippen molar-refractivity contribution in [3.8, 4) is 0 Å². The summed E-state index contributed by atoms with van der Waals surface area (Å²) in [6.07, 6.45) is 0.647. The second-order valence-electron chi connectivity index (χ2n) is 3.52. The smallest absolute Gasteiger partial charge is 0.469 e. The van der Waals surface area contributed by atoms with Crippen LogP contribution in [0.15, 0.2) is 24.3 Å². The minimum Gasteiger partial charge on any atom is -0.469 e. The fourth-order valence-corrected chi connectivity index (χ4v) is 1.58. The maximum atomic E-state index is 11.4. The highest BCUT2D eigenvalue weighted by Gasteiger charge is 2.19. The molecule has 0 saturated heterocycles. The van der Waals surface area contributed by atoms with Crippen molar-refractivity contribution in [2.75, 3.05) is 7.11 Å². The van der Waals surface area contributed by atoms with Crippen LogP contribution in [-0.2, 0) is 9.53 Å². The summed E-state index contributed by atoms with van der Waals surface area (Å²) in [5.74, 6) is -0.574. The van der Waals surface area contributed by atoms with Crippen LogP contribution in [0.4, 0.5) is 0 Å². The Balaban J connectivity index is 2.90. The Labute approximate surface area is 95.0 Å². The van der Waals surface area contributed by atoms with Crippen LogP contribution < -0.4 is 5.46 Å². The molecule has 1 aromatic rings.